The van der Waals surface area contributed by atoms with E-state index in [-0.39, 0.29) is 24.7 Å². The van der Waals surface area contributed by atoms with E-state index in [0.29, 0.717) is 6.61 Å². The van der Waals surface area contributed by atoms with Gasteiger partial charge in [-0.05, 0) is 32.2 Å². The van der Waals surface area contributed by atoms with Gasteiger partial charge in [-0.25, -0.2) is 0 Å². The predicted molar refractivity (Wildman–Crippen MR) is 68.3 cm³/mol. The number of aliphatic hydroxyl groups excluding tert-OH is 1. The molecule has 0 bridgehead atoms. The Bertz CT molecular complexity index is 259. The minimum absolute atomic E-state index is 0.0358. The molecule has 2 fully saturated rings. The van der Waals surface area contributed by atoms with Crippen molar-refractivity contribution in [2.24, 2.45) is 0 Å². The number of rotatable bonds is 4. The Labute approximate surface area is 108 Å². The van der Waals surface area contributed by atoms with Gasteiger partial charge >= 0.3 is 0 Å². The third-order valence-corrected chi connectivity index (χ3v) is 3.81. The third kappa shape index (κ3) is 3.67. The average Bonchev–Trinajstić information content (AvgIpc) is 2.46. The lowest BCUT2D eigenvalue weighted by molar-refractivity contribution is -0.136. The van der Waals surface area contributed by atoms with Crippen molar-refractivity contribution in [2.45, 2.75) is 44.2 Å². The van der Waals surface area contributed by atoms with Crippen LogP contribution in [0.2, 0.25) is 0 Å². The van der Waals surface area contributed by atoms with Crippen LogP contribution in [0.5, 0.6) is 0 Å². The van der Waals surface area contributed by atoms with Gasteiger partial charge in [0.05, 0.1) is 25.4 Å². The highest BCUT2D eigenvalue weighted by Crippen LogP contribution is 2.17. The Balaban J connectivity index is 1.73. The zero-order valence-corrected chi connectivity index (χ0v) is 10.9. The molecule has 5 heteroatoms. The second kappa shape index (κ2) is 7.07. The molecule has 5 nitrogen and oxygen atoms in total. The minimum atomic E-state index is 0.0358. The molecule has 0 aromatic rings. The Morgan fingerprint density at radius 2 is 2.06 bits per heavy atom. The lowest BCUT2D eigenvalue weighted by atomic mass is 10.0. The molecule has 2 aliphatic heterocycles. The van der Waals surface area contributed by atoms with Crippen molar-refractivity contribution in [1.82, 2.24) is 10.2 Å². The third-order valence-electron chi connectivity index (χ3n) is 3.81. The van der Waals surface area contributed by atoms with Gasteiger partial charge in [-0.3, -0.25) is 4.79 Å². The van der Waals surface area contributed by atoms with Crippen LogP contribution >= 0.6 is 0 Å². The smallest absolute Gasteiger partial charge is 0.239 e. The fourth-order valence-corrected chi connectivity index (χ4v) is 2.75. The molecule has 2 rings (SSSR count). The van der Waals surface area contributed by atoms with Gasteiger partial charge in [0.2, 0.25) is 5.91 Å². The summed E-state index contributed by atoms with van der Waals surface area (Å²) in [6.07, 6.45) is 5.29. The monoisotopic (exact) mass is 256 g/mol. The fourth-order valence-electron chi connectivity index (χ4n) is 2.75. The van der Waals surface area contributed by atoms with Crippen LogP contribution in [0.1, 0.15) is 32.1 Å². The molecular formula is C13H24N2O3. The van der Waals surface area contributed by atoms with Crippen LogP contribution in [0.15, 0.2) is 0 Å². The molecule has 2 heterocycles. The zero-order valence-electron chi connectivity index (χ0n) is 10.9. The number of piperidine rings is 2. The van der Waals surface area contributed by atoms with Crippen molar-refractivity contribution in [2.75, 3.05) is 32.8 Å². The highest BCUT2D eigenvalue weighted by atomic mass is 16.5. The molecule has 2 aliphatic rings. The second-order valence-electron chi connectivity index (χ2n) is 5.12. The number of ether oxygens (including phenoxy) is 1. The van der Waals surface area contributed by atoms with Gasteiger partial charge in [0, 0.05) is 13.1 Å². The van der Waals surface area contributed by atoms with E-state index in [4.69, 9.17) is 9.84 Å². The predicted octanol–water partition coefficient (Wildman–Crippen LogP) is 0.128. The standard InChI is InChI=1S/C13H24N2O3/c16-9-10-18-11-4-7-15(8-5-11)13(17)12-3-1-2-6-14-12/h11-12,14,16H,1-10H2/t12-/m0/s1. The summed E-state index contributed by atoms with van der Waals surface area (Å²) >= 11 is 0. The normalized spacial score (nSPS) is 26.3. The number of amides is 1. The lowest BCUT2D eigenvalue weighted by Gasteiger charge is -2.35. The maximum atomic E-state index is 12.3. The van der Waals surface area contributed by atoms with Gasteiger partial charge in [-0.1, -0.05) is 6.42 Å². The van der Waals surface area contributed by atoms with Crippen molar-refractivity contribution >= 4 is 5.91 Å². The van der Waals surface area contributed by atoms with Crippen LogP contribution in [0.25, 0.3) is 0 Å². The number of hydrogen-bond acceptors (Lipinski definition) is 4. The van der Waals surface area contributed by atoms with E-state index in [1.165, 1.54) is 6.42 Å². The molecule has 1 amide bonds. The number of aliphatic hydroxyl groups is 1. The van der Waals surface area contributed by atoms with Gasteiger partial charge < -0.3 is 20.1 Å². The second-order valence-corrected chi connectivity index (χ2v) is 5.12. The number of likely N-dealkylation sites (tertiary alicyclic amines) is 1. The highest BCUT2D eigenvalue weighted by Gasteiger charge is 2.28. The van der Waals surface area contributed by atoms with Gasteiger partial charge in [0.15, 0.2) is 0 Å². The summed E-state index contributed by atoms with van der Waals surface area (Å²) in [5.74, 6) is 0.260. The molecule has 2 saturated heterocycles. The van der Waals surface area contributed by atoms with Gasteiger partial charge in [0.1, 0.15) is 0 Å². The topological polar surface area (TPSA) is 61.8 Å². The van der Waals surface area contributed by atoms with Crippen molar-refractivity contribution in [1.29, 1.82) is 0 Å². The van der Waals surface area contributed by atoms with E-state index in [1.54, 1.807) is 0 Å². The largest absolute Gasteiger partial charge is 0.394 e. The van der Waals surface area contributed by atoms with E-state index < -0.39 is 0 Å². The highest BCUT2D eigenvalue weighted by molar-refractivity contribution is 5.82. The molecule has 0 aliphatic carbocycles. The Kier molecular flexibility index (Phi) is 5.41. The molecule has 0 spiro atoms. The van der Waals surface area contributed by atoms with E-state index >= 15 is 0 Å². The molecule has 0 saturated carbocycles. The lowest BCUT2D eigenvalue weighted by Crippen LogP contribution is -2.51. The quantitative estimate of drug-likeness (QED) is 0.750. The maximum absolute atomic E-state index is 12.3. The van der Waals surface area contributed by atoms with Crippen LogP contribution in [0.3, 0.4) is 0 Å². The van der Waals surface area contributed by atoms with Gasteiger partial charge in [0.25, 0.3) is 0 Å². The van der Waals surface area contributed by atoms with E-state index in [1.807, 2.05) is 4.90 Å². The van der Waals surface area contributed by atoms with E-state index in [9.17, 15) is 4.79 Å². The number of carbonyl (C=O) groups excluding carboxylic acids is 1. The Morgan fingerprint density at radius 3 is 2.67 bits per heavy atom. The average molecular weight is 256 g/mol. The summed E-state index contributed by atoms with van der Waals surface area (Å²) in [5.41, 5.74) is 0. The van der Waals surface area contributed by atoms with Crippen molar-refractivity contribution in [3.63, 3.8) is 0 Å². The number of hydrogen-bond donors (Lipinski definition) is 2. The van der Waals surface area contributed by atoms with Gasteiger partial charge in [-0.2, -0.15) is 0 Å². The molecule has 104 valence electrons. The zero-order chi connectivity index (χ0) is 12.8. The molecule has 0 aromatic carbocycles. The van der Waals surface area contributed by atoms with Crippen LogP contribution in [-0.4, -0.2) is 60.9 Å². The van der Waals surface area contributed by atoms with Crippen molar-refractivity contribution < 1.29 is 14.6 Å². The first kappa shape index (κ1) is 13.8. The molecule has 1 atom stereocenters. The summed E-state index contributed by atoms with van der Waals surface area (Å²) in [4.78, 5) is 14.2. The Morgan fingerprint density at radius 1 is 1.28 bits per heavy atom. The molecule has 18 heavy (non-hydrogen) atoms. The summed E-state index contributed by atoms with van der Waals surface area (Å²) in [6, 6.07) is 0.0358. The van der Waals surface area contributed by atoms with E-state index in [2.05, 4.69) is 5.32 Å². The first-order valence-corrected chi connectivity index (χ1v) is 7.06. The molecule has 0 aromatic heterocycles. The van der Waals surface area contributed by atoms with Crippen LogP contribution < -0.4 is 5.32 Å². The van der Waals surface area contributed by atoms with Crippen LogP contribution in [0, 0.1) is 0 Å². The summed E-state index contributed by atoms with van der Waals surface area (Å²) in [5, 5.41) is 12.0. The maximum Gasteiger partial charge on any atom is 0.239 e. The molecule has 0 unspecified atom stereocenters. The molecule has 2 N–H and O–H groups in total. The number of nitrogens with zero attached hydrogens (tertiary/aromatic N) is 1. The number of nitrogens with one attached hydrogen (secondary N) is 1. The Hall–Kier alpha value is -0.650. The van der Waals surface area contributed by atoms with Gasteiger partial charge in [-0.15, -0.1) is 0 Å². The summed E-state index contributed by atoms with van der Waals surface area (Å²) in [7, 11) is 0. The summed E-state index contributed by atoms with van der Waals surface area (Å²) in [6.45, 7) is 3.01. The first-order valence-electron chi connectivity index (χ1n) is 7.06. The van der Waals surface area contributed by atoms with Crippen LogP contribution in [-0.2, 0) is 9.53 Å². The van der Waals surface area contributed by atoms with Crippen molar-refractivity contribution in [3.8, 4) is 0 Å². The molecule has 0 radical (unpaired) electrons. The fraction of sp³-hybridized carbons (Fsp3) is 0.923. The molecular weight excluding hydrogens is 232 g/mol. The van der Waals surface area contributed by atoms with Crippen molar-refractivity contribution in [3.05, 3.63) is 0 Å². The SMILES string of the molecule is O=C([C@@H]1CCCCN1)N1CCC(OCCO)CC1. The first-order chi connectivity index (χ1) is 8.81. The minimum Gasteiger partial charge on any atom is -0.394 e. The summed E-state index contributed by atoms with van der Waals surface area (Å²) < 4.78 is 5.50. The van der Waals surface area contributed by atoms with E-state index in [0.717, 1.165) is 45.3 Å². The van der Waals surface area contributed by atoms with Crippen LogP contribution in [0.4, 0.5) is 0 Å². The number of carbonyl (C=O) groups is 1.